The molecule has 5 heteroatoms. The SMILES string of the molecule is CCC(C(=O)O)(C(=O)O)c1ccccc1.[MgH2]. The van der Waals surface area contributed by atoms with Gasteiger partial charge >= 0.3 is 35.0 Å². The summed E-state index contributed by atoms with van der Waals surface area (Å²) < 4.78 is 0. The molecule has 1 aromatic carbocycles. The molecule has 0 aliphatic heterocycles. The third-order valence-corrected chi connectivity index (χ3v) is 2.53. The predicted molar refractivity (Wildman–Crippen MR) is 62.2 cm³/mol. The van der Waals surface area contributed by atoms with Crippen LogP contribution in [0.3, 0.4) is 0 Å². The van der Waals surface area contributed by atoms with Gasteiger partial charge in [0.2, 0.25) is 0 Å². The molecule has 84 valence electrons. The van der Waals surface area contributed by atoms with E-state index in [0.717, 1.165) is 0 Å². The molecule has 0 unspecified atom stereocenters. The van der Waals surface area contributed by atoms with E-state index in [2.05, 4.69) is 0 Å². The molecule has 16 heavy (non-hydrogen) atoms. The second kappa shape index (κ2) is 5.86. The maximum absolute atomic E-state index is 11.1. The number of rotatable bonds is 4. The standard InChI is InChI=1S/C11H12O4.Mg.2H/c1-2-11(9(12)13,10(14)15)8-6-4-3-5-7-8;;;/h3-7H,2H2,1H3,(H,12,13)(H,14,15);;;. The molecule has 0 aliphatic rings. The van der Waals surface area contributed by atoms with Crippen LogP contribution in [0.1, 0.15) is 18.9 Å². The molecule has 0 saturated heterocycles. The van der Waals surface area contributed by atoms with Crippen LogP contribution in [-0.4, -0.2) is 45.2 Å². The highest BCUT2D eigenvalue weighted by Crippen LogP contribution is 2.28. The minimum atomic E-state index is -1.83. The van der Waals surface area contributed by atoms with Crippen LogP contribution in [0.2, 0.25) is 0 Å². The quantitative estimate of drug-likeness (QED) is 0.591. The van der Waals surface area contributed by atoms with Gasteiger partial charge in [0.15, 0.2) is 5.41 Å². The Bertz CT molecular complexity index is 361. The molecule has 0 atom stereocenters. The summed E-state index contributed by atoms with van der Waals surface area (Å²) in [5, 5.41) is 18.1. The van der Waals surface area contributed by atoms with Gasteiger partial charge in [-0.3, -0.25) is 9.59 Å². The summed E-state index contributed by atoms with van der Waals surface area (Å²) in [7, 11) is 0. The third kappa shape index (κ3) is 2.36. The van der Waals surface area contributed by atoms with E-state index in [1.54, 1.807) is 25.1 Å². The molecule has 0 heterocycles. The average molecular weight is 235 g/mol. The van der Waals surface area contributed by atoms with Gasteiger partial charge in [0.25, 0.3) is 0 Å². The summed E-state index contributed by atoms with van der Waals surface area (Å²) in [4.78, 5) is 22.2. The molecule has 0 radical (unpaired) electrons. The molecule has 1 rings (SSSR count). The maximum Gasteiger partial charge on any atom is 0.325 e. The minimum Gasteiger partial charge on any atom is -0.480 e. The normalized spacial score (nSPS) is 10.3. The Morgan fingerprint density at radius 1 is 1.12 bits per heavy atom. The lowest BCUT2D eigenvalue weighted by molar-refractivity contribution is -0.157. The van der Waals surface area contributed by atoms with E-state index in [9.17, 15) is 9.59 Å². The third-order valence-electron chi connectivity index (χ3n) is 2.53. The van der Waals surface area contributed by atoms with Crippen LogP contribution in [0.15, 0.2) is 30.3 Å². The predicted octanol–water partition coefficient (Wildman–Crippen LogP) is 0.587. The number of hydrogen-bond acceptors (Lipinski definition) is 2. The van der Waals surface area contributed by atoms with E-state index in [1.807, 2.05) is 0 Å². The van der Waals surface area contributed by atoms with Crippen molar-refractivity contribution in [3.05, 3.63) is 35.9 Å². The van der Waals surface area contributed by atoms with Gasteiger partial charge in [0.1, 0.15) is 0 Å². The van der Waals surface area contributed by atoms with Crippen molar-refractivity contribution in [2.24, 2.45) is 0 Å². The fourth-order valence-electron chi connectivity index (χ4n) is 1.57. The van der Waals surface area contributed by atoms with E-state index < -0.39 is 17.4 Å². The van der Waals surface area contributed by atoms with Gasteiger partial charge < -0.3 is 10.2 Å². The number of aliphatic carboxylic acids is 2. The summed E-state index contributed by atoms with van der Waals surface area (Å²) >= 11 is 0. The molecular weight excluding hydrogens is 220 g/mol. The Hall–Kier alpha value is -1.07. The van der Waals surface area contributed by atoms with Crippen molar-refractivity contribution in [3.63, 3.8) is 0 Å². The lowest BCUT2D eigenvalue weighted by atomic mass is 9.78. The second-order valence-electron chi connectivity index (χ2n) is 3.24. The average Bonchev–Trinajstić information content (AvgIpc) is 2.20. The van der Waals surface area contributed by atoms with E-state index in [1.165, 1.54) is 12.1 Å². The largest absolute Gasteiger partial charge is 0.480 e. The lowest BCUT2D eigenvalue weighted by Gasteiger charge is -2.23. The van der Waals surface area contributed by atoms with E-state index >= 15 is 0 Å². The van der Waals surface area contributed by atoms with Gasteiger partial charge in [0, 0.05) is 0 Å². The smallest absolute Gasteiger partial charge is 0.325 e. The zero-order chi connectivity index (χ0) is 11.5. The van der Waals surface area contributed by atoms with Gasteiger partial charge in [-0.1, -0.05) is 37.3 Å². The van der Waals surface area contributed by atoms with Gasteiger partial charge in [-0.25, -0.2) is 0 Å². The van der Waals surface area contributed by atoms with Gasteiger partial charge in [-0.15, -0.1) is 0 Å². The zero-order valence-electron chi connectivity index (χ0n) is 8.30. The summed E-state index contributed by atoms with van der Waals surface area (Å²) in [6.45, 7) is 1.55. The van der Waals surface area contributed by atoms with Crippen molar-refractivity contribution < 1.29 is 19.8 Å². The number of carbonyl (C=O) groups is 2. The van der Waals surface area contributed by atoms with E-state index in [0.29, 0.717) is 5.56 Å². The molecule has 0 amide bonds. The van der Waals surface area contributed by atoms with E-state index in [-0.39, 0.29) is 29.5 Å². The molecule has 2 N–H and O–H groups in total. The van der Waals surface area contributed by atoms with Crippen molar-refractivity contribution in [2.75, 3.05) is 0 Å². The molecule has 0 aliphatic carbocycles. The Morgan fingerprint density at radius 3 is 1.88 bits per heavy atom. The minimum absolute atomic E-state index is 0. The monoisotopic (exact) mass is 234 g/mol. The first-order valence-corrected chi connectivity index (χ1v) is 4.58. The zero-order valence-corrected chi connectivity index (χ0v) is 8.30. The van der Waals surface area contributed by atoms with Crippen LogP contribution in [0.4, 0.5) is 0 Å². The first kappa shape index (κ1) is 14.9. The van der Waals surface area contributed by atoms with Crippen LogP contribution in [0.25, 0.3) is 0 Å². The Balaban J connectivity index is 0.00000225. The van der Waals surface area contributed by atoms with Crippen molar-refractivity contribution in [1.82, 2.24) is 0 Å². The number of carboxylic acids is 2. The fourth-order valence-corrected chi connectivity index (χ4v) is 1.57. The Morgan fingerprint density at radius 2 is 1.56 bits per heavy atom. The molecule has 1 aromatic rings. The van der Waals surface area contributed by atoms with E-state index in [4.69, 9.17) is 10.2 Å². The maximum atomic E-state index is 11.1. The summed E-state index contributed by atoms with van der Waals surface area (Å²) in [6, 6.07) is 8.02. The molecule has 4 nitrogen and oxygen atoms in total. The molecular formula is C11H14MgO4. The molecule has 0 aromatic heterocycles. The van der Waals surface area contributed by atoms with Gasteiger partial charge in [-0.05, 0) is 12.0 Å². The highest BCUT2D eigenvalue weighted by Gasteiger charge is 2.46. The van der Waals surface area contributed by atoms with Crippen LogP contribution in [-0.2, 0) is 15.0 Å². The van der Waals surface area contributed by atoms with Crippen molar-refractivity contribution in [1.29, 1.82) is 0 Å². The second-order valence-corrected chi connectivity index (χ2v) is 3.24. The number of carboxylic acid groups (broad SMARTS) is 2. The van der Waals surface area contributed by atoms with Crippen molar-refractivity contribution in [3.8, 4) is 0 Å². The summed E-state index contributed by atoms with van der Waals surface area (Å²) in [6.07, 6.45) is 0.0156. The van der Waals surface area contributed by atoms with Gasteiger partial charge in [-0.2, -0.15) is 0 Å². The van der Waals surface area contributed by atoms with Crippen molar-refractivity contribution in [2.45, 2.75) is 18.8 Å². The lowest BCUT2D eigenvalue weighted by Crippen LogP contribution is -2.43. The fraction of sp³-hybridized carbons (Fsp3) is 0.273. The topological polar surface area (TPSA) is 74.6 Å². The van der Waals surface area contributed by atoms with Crippen LogP contribution < -0.4 is 0 Å². The molecule has 0 saturated carbocycles. The van der Waals surface area contributed by atoms with Crippen LogP contribution in [0, 0.1) is 0 Å². The molecule has 0 fully saturated rings. The Kier molecular flexibility index (Phi) is 5.47. The van der Waals surface area contributed by atoms with Crippen LogP contribution >= 0.6 is 0 Å². The highest BCUT2D eigenvalue weighted by atomic mass is 24.3. The highest BCUT2D eigenvalue weighted by molar-refractivity contribution is 6.04. The van der Waals surface area contributed by atoms with Crippen LogP contribution in [0.5, 0.6) is 0 Å². The molecule has 0 bridgehead atoms. The first-order valence-electron chi connectivity index (χ1n) is 4.58. The first-order chi connectivity index (χ1) is 7.05. The Labute approximate surface area is 109 Å². The molecule has 0 spiro atoms. The van der Waals surface area contributed by atoms with Gasteiger partial charge in [0.05, 0.1) is 0 Å². The number of hydrogen-bond donors (Lipinski definition) is 2. The summed E-state index contributed by atoms with van der Waals surface area (Å²) in [5.74, 6) is -2.66. The van der Waals surface area contributed by atoms with Crippen molar-refractivity contribution >= 4 is 35.0 Å². The number of benzene rings is 1. The summed E-state index contributed by atoms with van der Waals surface area (Å²) in [5.41, 5.74) is -1.53.